The minimum atomic E-state index is 0.425. The number of hydrogen-bond acceptors (Lipinski definition) is 2. The molecular formula is C22H32N2O. The van der Waals surface area contributed by atoms with Gasteiger partial charge in [-0.05, 0) is 56.4 Å². The summed E-state index contributed by atoms with van der Waals surface area (Å²) < 4.78 is 0. The van der Waals surface area contributed by atoms with E-state index in [9.17, 15) is 4.79 Å². The van der Waals surface area contributed by atoms with Gasteiger partial charge < -0.3 is 10.2 Å². The monoisotopic (exact) mass is 340 g/mol. The third-order valence-electron chi connectivity index (χ3n) is 6.60. The summed E-state index contributed by atoms with van der Waals surface area (Å²) in [5.41, 5.74) is 1.35. The number of rotatable bonds is 6. The van der Waals surface area contributed by atoms with Gasteiger partial charge >= 0.3 is 0 Å². The molecule has 0 radical (unpaired) electrons. The molecule has 25 heavy (non-hydrogen) atoms. The zero-order chi connectivity index (χ0) is 17.1. The summed E-state index contributed by atoms with van der Waals surface area (Å²) in [5.74, 6) is 1.03. The third-order valence-corrected chi connectivity index (χ3v) is 6.60. The molecule has 1 N–H and O–H groups in total. The van der Waals surface area contributed by atoms with Crippen molar-refractivity contribution in [3.8, 4) is 0 Å². The Balaban J connectivity index is 1.37. The molecular weight excluding hydrogens is 308 g/mol. The number of amides is 1. The first-order valence-corrected chi connectivity index (χ1v) is 10.4. The highest BCUT2D eigenvalue weighted by Crippen LogP contribution is 2.34. The molecule has 2 bridgehead atoms. The van der Waals surface area contributed by atoms with Crippen LogP contribution in [0, 0.1) is 5.92 Å². The second-order valence-corrected chi connectivity index (χ2v) is 8.44. The van der Waals surface area contributed by atoms with Gasteiger partial charge in [-0.15, -0.1) is 0 Å². The van der Waals surface area contributed by atoms with Gasteiger partial charge in [0.1, 0.15) is 0 Å². The van der Waals surface area contributed by atoms with Gasteiger partial charge in [-0.2, -0.15) is 0 Å². The van der Waals surface area contributed by atoms with Gasteiger partial charge in [0.05, 0.1) is 0 Å². The molecule has 0 aromatic heterocycles. The molecule has 1 saturated carbocycles. The largest absolute Gasteiger partial charge is 0.339 e. The zero-order valence-corrected chi connectivity index (χ0v) is 15.3. The third kappa shape index (κ3) is 4.25. The van der Waals surface area contributed by atoms with Crippen molar-refractivity contribution in [2.75, 3.05) is 6.54 Å². The van der Waals surface area contributed by atoms with Crippen LogP contribution in [-0.4, -0.2) is 35.5 Å². The van der Waals surface area contributed by atoms with Crippen LogP contribution in [0.2, 0.25) is 0 Å². The van der Waals surface area contributed by atoms with E-state index in [1.165, 1.54) is 56.9 Å². The molecule has 3 fully saturated rings. The van der Waals surface area contributed by atoms with Gasteiger partial charge in [-0.25, -0.2) is 0 Å². The maximum absolute atomic E-state index is 13.2. The molecule has 2 aliphatic heterocycles. The number of fused-ring (bicyclic) bond motifs is 2. The molecule has 2 saturated heterocycles. The van der Waals surface area contributed by atoms with E-state index in [4.69, 9.17) is 0 Å². The fourth-order valence-corrected chi connectivity index (χ4v) is 5.33. The Labute approximate surface area is 152 Å². The molecule has 1 amide bonds. The van der Waals surface area contributed by atoms with Crippen LogP contribution in [0.5, 0.6) is 0 Å². The first-order valence-electron chi connectivity index (χ1n) is 10.4. The summed E-state index contributed by atoms with van der Waals surface area (Å²) >= 11 is 0. The number of carbonyl (C=O) groups is 1. The average Bonchev–Trinajstić information content (AvgIpc) is 3.26. The lowest BCUT2D eigenvalue weighted by atomic mass is 9.89. The van der Waals surface area contributed by atoms with Crippen molar-refractivity contribution in [2.24, 2.45) is 5.92 Å². The summed E-state index contributed by atoms with van der Waals surface area (Å²) in [6, 6.07) is 12.5. The summed E-state index contributed by atoms with van der Waals surface area (Å²) in [7, 11) is 0. The van der Waals surface area contributed by atoms with Crippen LogP contribution in [0.3, 0.4) is 0 Å². The number of hydrogen-bond donors (Lipinski definition) is 1. The molecule has 1 aromatic carbocycles. The number of carbonyl (C=O) groups excluding carboxylic acids is 1. The molecule has 0 spiro atoms. The molecule has 1 aliphatic carbocycles. The Hall–Kier alpha value is -1.35. The van der Waals surface area contributed by atoms with Crippen LogP contribution in [0.15, 0.2) is 30.3 Å². The van der Waals surface area contributed by atoms with Crippen molar-refractivity contribution in [3.63, 3.8) is 0 Å². The first-order chi connectivity index (χ1) is 12.3. The van der Waals surface area contributed by atoms with Crippen molar-refractivity contribution < 1.29 is 4.79 Å². The number of nitrogens with one attached hydrogen (secondary N) is 1. The molecule has 2 heterocycles. The average molecular weight is 341 g/mol. The van der Waals surface area contributed by atoms with Crippen molar-refractivity contribution in [1.29, 1.82) is 0 Å². The van der Waals surface area contributed by atoms with E-state index in [1.54, 1.807) is 0 Å². The minimum absolute atomic E-state index is 0.425. The van der Waals surface area contributed by atoms with Gasteiger partial charge in [0, 0.05) is 31.1 Å². The Morgan fingerprint density at radius 3 is 2.36 bits per heavy atom. The second kappa shape index (κ2) is 7.90. The fraction of sp³-hybridized carbons (Fsp3) is 0.682. The van der Waals surface area contributed by atoms with E-state index >= 15 is 0 Å². The predicted octanol–water partition coefficient (Wildman–Crippen LogP) is 3.92. The number of benzene rings is 1. The van der Waals surface area contributed by atoms with E-state index in [0.717, 1.165) is 19.4 Å². The van der Waals surface area contributed by atoms with Crippen LogP contribution in [-0.2, 0) is 11.2 Å². The molecule has 4 rings (SSSR count). The normalized spacial score (nSPS) is 29.0. The van der Waals surface area contributed by atoms with E-state index in [2.05, 4.69) is 40.5 Å². The minimum Gasteiger partial charge on any atom is -0.339 e. The van der Waals surface area contributed by atoms with Gasteiger partial charge in [-0.1, -0.05) is 43.2 Å². The van der Waals surface area contributed by atoms with Crippen molar-refractivity contribution in [2.45, 2.75) is 82.3 Å². The Kier molecular flexibility index (Phi) is 5.40. The van der Waals surface area contributed by atoms with Crippen LogP contribution < -0.4 is 5.32 Å². The maximum Gasteiger partial charge on any atom is 0.223 e. The highest BCUT2D eigenvalue weighted by atomic mass is 16.2. The summed E-state index contributed by atoms with van der Waals surface area (Å²) in [4.78, 5) is 15.4. The van der Waals surface area contributed by atoms with Gasteiger partial charge in [0.15, 0.2) is 0 Å². The van der Waals surface area contributed by atoms with Crippen molar-refractivity contribution in [1.82, 2.24) is 10.2 Å². The zero-order valence-electron chi connectivity index (χ0n) is 15.3. The lowest BCUT2D eigenvalue weighted by Crippen LogP contribution is -2.43. The second-order valence-electron chi connectivity index (χ2n) is 8.44. The molecule has 1 aromatic rings. The van der Waals surface area contributed by atoms with E-state index in [1.807, 2.05) is 0 Å². The molecule has 3 aliphatic rings. The Morgan fingerprint density at radius 1 is 1.00 bits per heavy atom. The molecule has 2 unspecified atom stereocenters. The van der Waals surface area contributed by atoms with Gasteiger partial charge in [0.25, 0.3) is 0 Å². The maximum atomic E-state index is 13.2. The Morgan fingerprint density at radius 2 is 1.68 bits per heavy atom. The predicted molar refractivity (Wildman–Crippen MR) is 101 cm³/mol. The number of nitrogens with zero attached hydrogens (tertiary/aromatic N) is 1. The standard InChI is InChI=1S/C22H32N2O/c25-22(16-18-14-19-10-11-20(15-18)23-19)24(21-8-4-5-9-21)13-12-17-6-2-1-3-7-17/h1-3,6-7,18-21,23H,4-5,8-16H2. The smallest absolute Gasteiger partial charge is 0.223 e. The molecule has 2 atom stereocenters. The Bertz CT molecular complexity index is 555. The van der Waals surface area contributed by atoms with Crippen LogP contribution in [0.25, 0.3) is 0 Å². The van der Waals surface area contributed by atoms with E-state index < -0.39 is 0 Å². The SMILES string of the molecule is O=C(CC1CC2CCC(C1)N2)N(CCc1ccccc1)C1CCCC1. The van der Waals surface area contributed by atoms with Crippen LogP contribution >= 0.6 is 0 Å². The molecule has 136 valence electrons. The van der Waals surface area contributed by atoms with Crippen LogP contribution in [0.4, 0.5) is 0 Å². The highest BCUT2D eigenvalue weighted by Gasteiger charge is 2.35. The lowest BCUT2D eigenvalue weighted by Gasteiger charge is -2.33. The van der Waals surface area contributed by atoms with Gasteiger partial charge in [-0.3, -0.25) is 4.79 Å². The fourth-order valence-electron chi connectivity index (χ4n) is 5.33. The van der Waals surface area contributed by atoms with Crippen molar-refractivity contribution in [3.05, 3.63) is 35.9 Å². The summed E-state index contributed by atoms with van der Waals surface area (Å²) in [6.07, 6.45) is 11.8. The molecule has 3 nitrogen and oxygen atoms in total. The quantitative estimate of drug-likeness (QED) is 0.851. The topological polar surface area (TPSA) is 32.3 Å². The van der Waals surface area contributed by atoms with Crippen molar-refractivity contribution >= 4 is 5.91 Å². The number of piperidine rings is 1. The highest BCUT2D eigenvalue weighted by molar-refractivity contribution is 5.77. The lowest BCUT2D eigenvalue weighted by molar-refractivity contribution is -0.134. The summed E-state index contributed by atoms with van der Waals surface area (Å²) in [5, 5.41) is 3.70. The van der Waals surface area contributed by atoms with Gasteiger partial charge in [0.2, 0.25) is 5.91 Å². The summed E-state index contributed by atoms with van der Waals surface area (Å²) in [6.45, 7) is 0.894. The molecule has 3 heteroatoms. The van der Waals surface area contributed by atoms with E-state index in [-0.39, 0.29) is 0 Å². The van der Waals surface area contributed by atoms with Crippen LogP contribution in [0.1, 0.15) is 63.4 Å². The van der Waals surface area contributed by atoms with E-state index in [0.29, 0.717) is 30.0 Å². The first kappa shape index (κ1) is 17.1.